The third-order valence-electron chi connectivity index (χ3n) is 1.82. The van der Waals surface area contributed by atoms with Crippen LogP contribution in [0.25, 0.3) is 0 Å². The highest BCUT2D eigenvalue weighted by Gasteiger charge is 2.30. The van der Waals surface area contributed by atoms with Crippen molar-refractivity contribution < 1.29 is 18.0 Å². The van der Waals surface area contributed by atoms with E-state index < -0.39 is 5.51 Å². The molecule has 1 aromatic carbocycles. The first kappa shape index (κ1) is 15.0. The van der Waals surface area contributed by atoms with E-state index in [2.05, 4.69) is 5.32 Å². The first-order valence-corrected chi connectivity index (χ1v) is 5.92. The Morgan fingerprint density at radius 2 is 2.00 bits per heavy atom. The average Bonchev–Trinajstić information content (AvgIpc) is 2.20. The number of benzene rings is 1. The summed E-state index contributed by atoms with van der Waals surface area (Å²) >= 11 is 5.42. The van der Waals surface area contributed by atoms with E-state index in [-0.39, 0.29) is 27.7 Å². The molecule has 0 aromatic heterocycles. The first-order valence-electron chi connectivity index (χ1n) is 4.72. The van der Waals surface area contributed by atoms with E-state index in [1.165, 1.54) is 23.1 Å². The van der Waals surface area contributed by atoms with E-state index in [1.54, 1.807) is 14.1 Å². The third kappa shape index (κ3) is 4.66. The van der Waals surface area contributed by atoms with E-state index in [0.717, 1.165) is 0 Å². The summed E-state index contributed by atoms with van der Waals surface area (Å²) in [6.07, 6.45) is 0. The van der Waals surface area contributed by atoms with E-state index in [4.69, 9.17) is 11.6 Å². The highest BCUT2D eigenvalue weighted by atomic mass is 35.5. The maximum Gasteiger partial charge on any atom is 0.446 e. The second kappa shape index (κ2) is 5.71. The number of alkyl halides is 3. The van der Waals surface area contributed by atoms with Crippen LogP contribution in [0.1, 0.15) is 0 Å². The molecule has 0 aliphatic heterocycles. The molecule has 8 heteroatoms. The number of anilines is 1. The minimum absolute atomic E-state index is 0.0612. The molecule has 0 atom stereocenters. The van der Waals surface area contributed by atoms with Gasteiger partial charge in [-0.1, -0.05) is 11.6 Å². The van der Waals surface area contributed by atoms with Gasteiger partial charge in [-0.15, -0.1) is 0 Å². The third-order valence-corrected chi connectivity index (χ3v) is 3.05. The van der Waals surface area contributed by atoms with Gasteiger partial charge in [-0.05, 0) is 30.0 Å². The molecule has 0 saturated heterocycles. The van der Waals surface area contributed by atoms with Crippen molar-refractivity contribution in [3.05, 3.63) is 23.2 Å². The lowest BCUT2D eigenvalue weighted by Gasteiger charge is -2.13. The fraction of sp³-hybridized carbons (Fsp3) is 0.300. The number of amides is 2. The van der Waals surface area contributed by atoms with E-state index >= 15 is 0 Å². The van der Waals surface area contributed by atoms with Gasteiger partial charge in [0.15, 0.2) is 0 Å². The Bertz CT molecular complexity index is 451. The lowest BCUT2D eigenvalue weighted by atomic mass is 10.3. The molecule has 0 aliphatic carbocycles. The molecule has 2 amide bonds. The van der Waals surface area contributed by atoms with Crippen molar-refractivity contribution in [2.75, 3.05) is 19.4 Å². The van der Waals surface area contributed by atoms with Gasteiger partial charge >= 0.3 is 11.5 Å². The van der Waals surface area contributed by atoms with Crippen LogP contribution in [0.5, 0.6) is 0 Å². The van der Waals surface area contributed by atoms with E-state index in [0.29, 0.717) is 5.69 Å². The molecule has 1 rings (SSSR count). The molecular formula is C10H10ClF3N2OS. The highest BCUT2D eigenvalue weighted by Crippen LogP contribution is 2.40. The second-order valence-corrected chi connectivity index (χ2v) is 5.03. The van der Waals surface area contributed by atoms with Gasteiger partial charge in [0.1, 0.15) is 0 Å². The van der Waals surface area contributed by atoms with Crippen molar-refractivity contribution in [1.82, 2.24) is 4.90 Å². The molecule has 100 valence electrons. The van der Waals surface area contributed by atoms with Gasteiger partial charge in [0.2, 0.25) is 0 Å². The molecular weight excluding hydrogens is 289 g/mol. The first-order chi connectivity index (χ1) is 8.19. The van der Waals surface area contributed by atoms with Gasteiger partial charge in [-0.2, -0.15) is 13.2 Å². The Kier molecular flexibility index (Phi) is 4.75. The zero-order valence-corrected chi connectivity index (χ0v) is 11.1. The number of carbonyl (C=O) groups excluding carboxylic acids is 1. The van der Waals surface area contributed by atoms with Gasteiger partial charge in [0.05, 0.1) is 5.02 Å². The van der Waals surface area contributed by atoms with Gasteiger partial charge < -0.3 is 10.2 Å². The van der Waals surface area contributed by atoms with Crippen LogP contribution in [0.4, 0.5) is 23.7 Å². The normalized spacial score (nSPS) is 11.2. The second-order valence-electron chi connectivity index (χ2n) is 3.52. The predicted molar refractivity (Wildman–Crippen MR) is 66.1 cm³/mol. The Morgan fingerprint density at radius 1 is 1.39 bits per heavy atom. The van der Waals surface area contributed by atoms with Gasteiger partial charge in [-0.3, -0.25) is 0 Å². The van der Waals surface area contributed by atoms with Crippen LogP contribution in [0.3, 0.4) is 0 Å². The summed E-state index contributed by atoms with van der Waals surface area (Å²) in [5.41, 5.74) is -4.05. The van der Waals surface area contributed by atoms with Crippen LogP contribution in [-0.2, 0) is 0 Å². The van der Waals surface area contributed by atoms with Gasteiger partial charge in [0.25, 0.3) is 0 Å². The van der Waals surface area contributed by atoms with Crippen LogP contribution in [0.15, 0.2) is 23.1 Å². The van der Waals surface area contributed by atoms with Crippen LogP contribution in [-0.4, -0.2) is 30.5 Å². The van der Waals surface area contributed by atoms with Gasteiger partial charge in [0, 0.05) is 24.7 Å². The Hall–Kier alpha value is -1.08. The lowest BCUT2D eigenvalue weighted by molar-refractivity contribution is -0.0328. The summed E-state index contributed by atoms with van der Waals surface area (Å²) < 4.78 is 36.5. The van der Waals surface area contributed by atoms with Crippen LogP contribution >= 0.6 is 23.4 Å². The molecule has 0 fully saturated rings. The summed E-state index contributed by atoms with van der Waals surface area (Å²) in [7, 11) is 3.09. The Labute approximate surface area is 111 Å². The van der Waals surface area contributed by atoms with E-state index in [9.17, 15) is 18.0 Å². The minimum Gasteiger partial charge on any atom is -0.331 e. The minimum atomic E-state index is -4.39. The summed E-state index contributed by atoms with van der Waals surface area (Å²) in [4.78, 5) is 12.5. The SMILES string of the molecule is CN(C)C(=O)Nc1ccc(SC(F)(F)F)c(Cl)c1. The maximum atomic E-state index is 12.2. The van der Waals surface area contributed by atoms with Crippen molar-refractivity contribution >= 4 is 35.1 Å². The molecule has 0 radical (unpaired) electrons. The average molecular weight is 299 g/mol. The molecule has 1 N–H and O–H groups in total. The number of hydrogen-bond donors (Lipinski definition) is 1. The molecule has 0 aliphatic rings. The number of urea groups is 1. The van der Waals surface area contributed by atoms with Crippen LogP contribution in [0, 0.1) is 0 Å². The summed E-state index contributed by atoms with van der Waals surface area (Å²) in [5, 5.41) is 2.42. The van der Waals surface area contributed by atoms with E-state index in [1.807, 2.05) is 0 Å². The fourth-order valence-corrected chi connectivity index (χ4v) is 1.86. The van der Waals surface area contributed by atoms with Crippen molar-refractivity contribution in [1.29, 1.82) is 0 Å². The topological polar surface area (TPSA) is 32.3 Å². The Balaban J connectivity index is 2.83. The number of hydrogen-bond acceptors (Lipinski definition) is 2. The van der Waals surface area contributed by atoms with Crippen LogP contribution in [0.2, 0.25) is 5.02 Å². The molecule has 3 nitrogen and oxygen atoms in total. The zero-order valence-electron chi connectivity index (χ0n) is 9.51. The number of nitrogens with one attached hydrogen (secondary N) is 1. The van der Waals surface area contributed by atoms with Crippen molar-refractivity contribution in [3.8, 4) is 0 Å². The number of nitrogens with zero attached hydrogens (tertiary/aromatic N) is 1. The van der Waals surface area contributed by atoms with Gasteiger partial charge in [-0.25, -0.2) is 4.79 Å². The monoisotopic (exact) mass is 298 g/mol. The molecule has 18 heavy (non-hydrogen) atoms. The Morgan fingerprint density at radius 3 is 2.44 bits per heavy atom. The standard InChI is InChI=1S/C10H10ClF3N2OS/c1-16(2)9(17)15-6-3-4-8(7(11)5-6)18-10(12,13)14/h3-5H,1-2H3,(H,15,17). The quantitative estimate of drug-likeness (QED) is 0.836. The molecule has 0 unspecified atom stereocenters. The molecule has 0 heterocycles. The molecule has 0 saturated carbocycles. The maximum absolute atomic E-state index is 12.2. The lowest BCUT2D eigenvalue weighted by Crippen LogP contribution is -2.27. The summed E-state index contributed by atoms with van der Waals surface area (Å²) in [5.74, 6) is 0. The molecule has 1 aromatic rings. The number of carbonyl (C=O) groups is 1. The smallest absolute Gasteiger partial charge is 0.331 e. The largest absolute Gasteiger partial charge is 0.446 e. The summed E-state index contributed by atoms with van der Waals surface area (Å²) in [6, 6.07) is 3.46. The van der Waals surface area contributed by atoms with Crippen molar-refractivity contribution in [3.63, 3.8) is 0 Å². The van der Waals surface area contributed by atoms with Crippen LogP contribution < -0.4 is 5.32 Å². The number of thioether (sulfide) groups is 1. The number of rotatable bonds is 2. The van der Waals surface area contributed by atoms with Crippen molar-refractivity contribution in [2.45, 2.75) is 10.4 Å². The highest BCUT2D eigenvalue weighted by molar-refractivity contribution is 8.00. The fourth-order valence-electron chi connectivity index (χ4n) is 1.02. The zero-order chi connectivity index (χ0) is 13.9. The summed E-state index contributed by atoms with van der Waals surface area (Å²) in [6.45, 7) is 0. The predicted octanol–water partition coefficient (Wildman–Crippen LogP) is 4.05. The molecule has 0 spiro atoms. The van der Waals surface area contributed by atoms with Crippen molar-refractivity contribution in [2.24, 2.45) is 0 Å². The molecule has 0 bridgehead atoms. The number of halogens is 4.